The number of rotatable bonds is 4. The summed E-state index contributed by atoms with van der Waals surface area (Å²) in [7, 11) is 1.74. The number of hydrogen-bond acceptors (Lipinski definition) is 7. The van der Waals surface area contributed by atoms with Gasteiger partial charge >= 0.3 is 0 Å². The van der Waals surface area contributed by atoms with Crippen molar-refractivity contribution in [1.82, 2.24) is 25.1 Å². The van der Waals surface area contributed by atoms with Crippen LogP contribution in [0.1, 0.15) is 29.6 Å². The Morgan fingerprint density at radius 3 is 2.67 bits per heavy atom. The van der Waals surface area contributed by atoms with Gasteiger partial charge < -0.3 is 14.5 Å². The summed E-state index contributed by atoms with van der Waals surface area (Å²) in [5.41, 5.74) is 0.777. The Hall–Kier alpha value is -2.61. The predicted octanol–water partition coefficient (Wildman–Crippen LogP) is 1.41. The second-order valence-corrected chi connectivity index (χ2v) is 7.41. The first kappa shape index (κ1) is 17.8. The van der Waals surface area contributed by atoms with E-state index in [1.54, 1.807) is 31.8 Å². The summed E-state index contributed by atoms with van der Waals surface area (Å²) in [5.74, 6) is 0.798. The summed E-state index contributed by atoms with van der Waals surface area (Å²) in [5, 5.41) is 7.56. The van der Waals surface area contributed by atoms with E-state index in [2.05, 4.69) is 25.1 Å². The van der Waals surface area contributed by atoms with Crippen molar-refractivity contribution in [3.8, 4) is 0 Å². The lowest BCUT2D eigenvalue weighted by Gasteiger charge is -2.39. The van der Waals surface area contributed by atoms with E-state index in [0.29, 0.717) is 12.2 Å². The average molecular weight is 368 g/mol. The summed E-state index contributed by atoms with van der Waals surface area (Å²) < 4.78 is 5.45. The molecule has 2 saturated heterocycles. The van der Waals surface area contributed by atoms with Gasteiger partial charge in [-0.15, -0.1) is 0 Å². The summed E-state index contributed by atoms with van der Waals surface area (Å²) in [6.07, 6.45) is 9.63. The fourth-order valence-corrected chi connectivity index (χ4v) is 4.33. The van der Waals surface area contributed by atoms with Crippen molar-refractivity contribution in [3.63, 3.8) is 0 Å². The van der Waals surface area contributed by atoms with Crippen LogP contribution in [0.3, 0.4) is 0 Å². The molecule has 2 fully saturated rings. The van der Waals surface area contributed by atoms with E-state index in [0.717, 1.165) is 44.8 Å². The SMILES string of the molecule is COCC1CC2(CCN(C(=O)c3ccnnc3)CC2)CN1c1ncccn1. The van der Waals surface area contributed by atoms with Crippen LogP contribution in [0.4, 0.5) is 5.95 Å². The van der Waals surface area contributed by atoms with Crippen molar-refractivity contribution in [2.45, 2.75) is 25.3 Å². The number of amides is 1. The highest BCUT2D eigenvalue weighted by Gasteiger charge is 2.46. The minimum Gasteiger partial charge on any atom is -0.383 e. The van der Waals surface area contributed by atoms with Gasteiger partial charge in [0.15, 0.2) is 0 Å². The number of methoxy groups -OCH3 is 1. The van der Waals surface area contributed by atoms with E-state index >= 15 is 0 Å². The zero-order chi connectivity index (χ0) is 18.7. The molecule has 1 amide bonds. The van der Waals surface area contributed by atoms with Crippen molar-refractivity contribution in [2.24, 2.45) is 5.41 Å². The molecule has 0 aliphatic carbocycles. The van der Waals surface area contributed by atoms with Crippen LogP contribution in [0, 0.1) is 5.41 Å². The lowest BCUT2D eigenvalue weighted by Crippen LogP contribution is -2.44. The van der Waals surface area contributed by atoms with Gasteiger partial charge in [0.1, 0.15) is 0 Å². The third kappa shape index (κ3) is 3.62. The normalized spacial score (nSPS) is 21.6. The number of carbonyl (C=O) groups is 1. The largest absolute Gasteiger partial charge is 0.383 e. The van der Waals surface area contributed by atoms with E-state index in [1.165, 1.54) is 6.20 Å². The number of carbonyl (C=O) groups excluding carboxylic acids is 1. The molecule has 1 unspecified atom stereocenters. The smallest absolute Gasteiger partial charge is 0.255 e. The van der Waals surface area contributed by atoms with Crippen LogP contribution in [0.2, 0.25) is 0 Å². The molecule has 1 spiro atoms. The molecule has 27 heavy (non-hydrogen) atoms. The van der Waals surface area contributed by atoms with Gasteiger partial charge in [-0.25, -0.2) is 9.97 Å². The molecule has 0 bridgehead atoms. The Kier molecular flexibility index (Phi) is 4.98. The van der Waals surface area contributed by atoms with Gasteiger partial charge in [0.05, 0.1) is 30.6 Å². The fraction of sp³-hybridized carbons (Fsp3) is 0.526. The van der Waals surface area contributed by atoms with Crippen LogP contribution in [0.5, 0.6) is 0 Å². The van der Waals surface area contributed by atoms with Gasteiger partial charge in [-0.05, 0) is 36.8 Å². The van der Waals surface area contributed by atoms with E-state index in [-0.39, 0.29) is 17.4 Å². The molecule has 0 radical (unpaired) electrons. The van der Waals surface area contributed by atoms with Crippen molar-refractivity contribution >= 4 is 11.9 Å². The van der Waals surface area contributed by atoms with Crippen LogP contribution >= 0.6 is 0 Å². The molecule has 2 aliphatic rings. The molecule has 0 N–H and O–H groups in total. The fourth-order valence-electron chi connectivity index (χ4n) is 4.33. The van der Waals surface area contributed by atoms with Crippen LogP contribution in [-0.4, -0.2) is 70.4 Å². The van der Waals surface area contributed by atoms with Crippen LogP contribution in [-0.2, 0) is 4.74 Å². The van der Waals surface area contributed by atoms with Gasteiger partial charge in [-0.1, -0.05) is 0 Å². The number of likely N-dealkylation sites (tertiary alicyclic amines) is 1. The Bertz CT molecular complexity index is 764. The lowest BCUT2D eigenvalue weighted by atomic mass is 9.76. The molecule has 8 heteroatoms. The summed E-state index contributed by atoms with van der Waals surface area (Å²) >= 11 is 0. The molecule has 2 aliphatic heterocycles. The molecule has 8 nitrogen and oxygen atoms in total. The Morgan fingerprint density at radius 1 is 1.22 bits per heavy atom. The maximum Gasteiger partial charge on any atom is 0.255 e. The predicted molar refractivity (Wildman–Crippen MR) is 99.3 cm³/mol. The van der Waals surface area contributed by atoms with E-state index in [9.17, 15) is 4.79 Å². The van der Waals surface area contributed by atoms with Gasteiger partial charge in [-0.2, -0.15) is 10.2 Å². The second kappa shape index (κ2) is 7.56. The van der Waals surface area contributed by atoms with Crippen LogP contribution < -0.4 is 4.90 Å². The van der Waals surface area contributed by atoms with Crippen LogP contribution in [0.15, 0.2) is 36.9 Å². The highest BCUT2D eigenvalue weighted by Crippen LogP contribution is 2.44. The summed E-state index contributed by atoms with van der Waals surface area (Å²) in [6.45, 7) is 3.07. The number of anilines is 1. The van der Waals surface area contributed by atoms with Gasteiger partial charge in [0.2, 0.25) is 5.95 Å². The number of aromatic nitrogens is 4. The van der Waals surface area contributed by atoms with Gasteiger partial charge in [0.25, 0.3) is 5.91 Å². The standard InChI is InChI=1S/C19H24N6O2/c1-27-13-16-11-19(14-25(16)18-20-6-2-7-21-18)4-9-24(10-5-19)17(26)15-3-8-22-23-12-15/h2-3,6-8,12,16H,4-5,9-11,13-14H2,1H3. The van der Waals surface area contributed by atoms with Crippen molar-refractivity contribution in [2.75, 3.05) is 38.3 Å². The number of nitrogens with zero attached hydrogens (tertiary/aromatic N) is 6. The number of hydrogen-bond donors (Lipinski definition) is 0. The summed E-state index contributed by atoms with van der Waals surface area (Å²) in [4.78, 5) is 25.7. The minimum absolute atomic E-state index is 0.0365. The number of piperidine rings is 1. The Labute approximate surface area is 158 Å². The topological polar surface area (TPSA) is 84.3 Å². The molecule has 0 aromatic carbocycles. The molecule has 4 heterocycles. The third-order valence-corrected chi connectivity index (χ3v) is 5.73. The van der Waals surface area contributed by atoms with Gasteiger partial charge in [0, 0.05) is 39.1 Å². The highest BCUT2D eigenvalue weighted by molar-refractivity contribution is 5.93. The molecule has 142 valence electrons. The molecular weight excluding hydrogens is 344 g/mol. The summed E-state index contributed by atoms with van der Waals surface area (Å²) in [6, 6.07) is 3.82. The average Bonchev–Trinajstić information content (AvgIpc) is 3.07. The lowest BCUT2D eigenvalue weighted by molar-refractivity contribution is 0.0598. The Balaban J connectivity index is 1.45. The quantitative estimate of drug-likeness (QED) is 0.807. The number of ether oxygens (including phenoxy) is 1. The molecule has 1 atom stereocenters. The maximum atomic E-state index is 12.7. The van der Waals surface area contributed by atoms with E-state index in [1.807, 2.05) is 11.0 Å². The first-order valence-corrected chi connectivity index (χ1v) is 9.29. The van der Waals surface area contributed by atoms with Crippen molar-refractivity contribution < 1.29 is 9.53 Å². The maximum absolute atomic E-state index is 12.7. The molecular formula is C19H24N6O2. The zero-order valence-corrected chi connectivity index (χ0v) is 15.5. The molecule has 2 aromatic rings. The van der Waals surface area contributed by atoms with Crippen molar-refractivity contribution in [3.05, 3.63) is 42.5 Å². The molecule has 0 saturated carbocycles. The second-order valence-electron chi connectivity index (χ2n) is 7.41. The van der Waals surface area contributed by atoms with E-state index < -0.39 is 0 Å². The first-order valence-electron chi connectivity index (χ1n) is 9.29. The highest BCUT2D eigenvalue weighted by atomic mass is 16.5. The van der Waals surface area contributed by atoms with Gasteiger partial charge in [-0.3, -0.25) is 4.79 Å². The monoisotopic (exact) mass is 368 g/mol. The van der Waals surface area contributed by atoms with E-state index in [4.69, 9.17) is 4.74 Å². The molecule has 4 rings (SSSR count). The minimum atomic E-state index is 0.0365. The zero-order valence-electron chi connectivity index (χ0n) is 15.5. The Morgan fingerprint density at radius 2 is 2.00 bits per heavy atom. The van der Waals surface area contributed by atoms with Crippen molar-refractivity contribution in [1.29, 1.82) is 0 Å². The van der Waals surface area contributed by atoms with Crippen LogP contribution in [0.25, 0.3) is 0 Å². The molecule has 2 aromatic heterocycles. The third-order valence-electron chi connectivity index (χ3n) is 5.73. The first-order chi connectivity index (χ1) is 13.2.